The topological polar surface area (TPSA) is 74.0 Å². The highest BCUT2D eigenvalue weighted by molar-refractivity contribution is 6.35. The second-order valence-corrected chi connectivity index (χ2v) is 8.55. The van der Waals surface area contributed by atoms with Gasteiger partial charge in [-0.2, -0.15) is 10.2 Å². The molecule has 0 bridgehead atoms. The van der Waals surface area contributed by atoms with Gasteiger partial charge in [0.05, 0.1) is 18.1 Å². The first-order chi connectivity index (χ1) is 14.9. The fourth-order valence-corrected chi connectivity index (χ4v) is 4.20. The van der Waals surface area contributed by atoms with Crippen LogP contribution in [0.15, 0.2) is 77.0 Å². The highest BCUT2D eigenvalue weighted by atomic mass is 35.5. The summed E-state index contributed by atoms with van der Waals surface area (Å²) in [5.74, 6) is -0.217. The van der Waals surface area contributed by atoms with E-state index in [9.17, 15) is 9.90 Å². The fraction of sp³-hybridized carbons (Fsp3) is 0.174. The molecule has 1 amide bonds. The SMILES string of the molecule is O=C(NC(c1ccc(Cl)cc1Cl)C1CC(c2ccc(Cl)cc2)N=N1)c1ccc(O)cc1. The number of phenols is 1. The third-order valence-electron chi connectivity index (χ3n) is 5.17. The van der Waals surface area contributed by atoms with Crippen molar-refractivity contribution in [3.05, 3.63) is 98.5 Å². The maximum atomic E-state index is 12.9. The van der Waals surface area contributed by atoms with Crippen LogP contribution in [0.5, 0.6) is 5.75 Å². The minimum atomic E-state index is -0.507. The minimum absolute atomic E-state index is 0.0873. The highest BCUT2D eigenvalue weighted by Crippen LogP contribution is 2.38. The maximum Gasteiger partial charge on any atom is 0.251 e. The number of benzene rings is 3. The molecule has 2 N–H and O–H groups in total. The summed E-state index contributed by atoms with van der Waals surface area (Å²) in [6.45, 7) is 0. The van der Waals surface area contributed by atoms with Gasteiger partial charge in [-0.05, 0) is 59.7 Å². The molecule has 0 fully saturated rings. The molecule has 3 unspecified atom stereocenters. The lowest BCUT2D eigenvalue weighted by Crippen LogP contribution is -2.35. The van der Waals surface area contributed by atoms with Crippen molar-refractivity contribution in [2.75, 3.05) is 0 Å². The number of rotatable bonds is 5. The van der Waals surface area contributed by atoms with E-state index in [1.165, 1.54) is 12.1 Å². The molecule has 0 saturated heterocycles. The summed E-state index contributed by atoms with van der Waals surface area (Å²) >= 11 is 18.5. The van der Waals surface area contributed by atoms with Gasteiger partial charge >= 0.3 is 0 Å². The third kappa shape index (κ3) is 5.01. The van der Waals surface area contributed by atoms with E-state index >= 15 is 0 Å². The molecule has 1 aliphatic rings. The molecule has 0 saturated carbocycles. The number of carbonyl (C=O) groups excluding carboxylic acids is 1. The van der Waals surface area contributed by atoms with Gasteiger partial charge in [0.2, 0.25) is 0 Å². The molecule has 3 aromatic carbocycles. The predicted octanol–water partition coefficient (Wildman–Crippen LogP) is 6.79. The Kier molecular flexibility index (Phi) is 6.46. The Labute approximate surface area is 194 Å². The molecular weight excluding hydrogens is 457 g/mol. The Morgan fingerprint density at radius 1 is 0.935 bits per heavy atom. The van der Waals surface area contributed by atoms with Crippen molar-refractivity contribution < 1.29 is 9.90 Å². The molecule has 158 valence electrons. The van der Waals surface area contributed by atoms with Gasteiger partial charge in [-0.15, -0.1) is 0 Å². The van der Waals surface area contributed by atoms with Crippen LogP contribution in [0.3, 0.4) is 0 Å². The van der Waals surface area contributed by atoms with Gasteiger partial charge in [-0.1, -0.05) is 53.0 Å². The number of hydrogen-bond acceptors (Lipinski definition) is 4. The Bertz CT molecular complexity index is 1120. The van der Waals surface area contributed by atoms with Crippen LogP contribution in [0.4, 0.5) is 0 Å². The largest absolute Gasteiger partial charge is 0.508 e. The monoisotopic (exact) mass is 473 g/mol. The van der Waals surface area contributed by atoms with Gasteiger partial charge in [0.15, 0.2) is 0 Å². The number of carbonyl (C=O) groups is 1. The van der Waals surface area contributed by atoms with Crippen molar-refractivity contribution in [3.8, 4) is 5.75 Å². The van der Waals surface area contributed by atoms with E-state index in [1.54, 1.807) is 30.3 Å². The molecule has 31 heavy (non-hydrogen) atoms. The number of phenolic OH excluding ortho intramolecular Hbond substituents is 1. The van der Waals surface area contributed by atoms with Gasteiger partial charge in [-0.3, -0.25) is 4.79 Å². The molecule has 5 nitrogen and oxygen atoms in total. The smallest absolute Gasteiger partial charge is 0.251 e. The zero-order valence-electron chi connectivity index (χ0n) is 16.2. The normalized spacial score (nSPS) is 18.7. The van der Waals surface area contributed by atoms with Gasteiger partial charge in [0, 0.05) is 27.1 Å². The van der Waals surface area contributed by atoms with Crippen LogP contribution in [0.1, 0.15) is 40.0 Å². The average Bonchev–Trinajstić information content (AvgIpc) is 3.23. The number of nitrogens with zero attached hydrogens (tertiary/aromatic N) is 2. The van der Waals surface area contributed by atoms with Crippen LogP contribution in [-0.2, 0) is 0 Å². The first-order valence-electron chi connectivity index (χ1n) is 9.61. The van der Waals surface area contributed by atoms with E-state index in [0.29, 0.717) is 32.6 Å². The molecule has 3 atom stereocenters. The van der Waals surface area contributed by atoms with Crippen molar-refractivity contribution in [2.24, 2.45) is 10.2 Å². The molecule has 4 rings (SSSR count). The van der Waals surface area contributed by atoms with E-state index in [4.69, 9.17) is 34.8 Å². The van der Waals surface area contributed by atoms with Crippen molar-refractivity contribution in [2.45, 2.75) is 24.5 Å². The Hall–Kier alpha value is -2.60. The van der Waals surface area contributed by atoms with E-state index < -0.39 is 6.04 Å². The van der Waals surface area contributed by atoms with Crippen LogP contribution >= 0.6 is 34.8 Å². The summed E-state index contributed by atoms with van der Waals surface area (Å²) in [6, 6.07) is 17.7. The molecule has 0 spiro atoms. The molecule has 3 aromatic rings. The predicted molar refractivity (Wildman–Crippen MR) is 122 cm³/mol. The van der Waals surface area contributed by atoms with Crippen LogP contribution in [0.2, 0.25) is 15.1 Å². The zero-order valence-corrected chi connectivity index (χ0v) is 18.4. The summed E-state index contributed by atoms with van der Waals surface area (Å²) in [5, 5.41) is 23.0. The zero-order chi connectivity index (χ0) is 22.0. The lowest BCUT2D eigenvalue weighted by Gasteiger charge is -2.24. The summed E-state index contributed by atoms with van der Waals surface area (Å²) in [6.07, 6.45) is 0.598. The van der Waals surface area contributed by atoms with Crippen LogP contribution in [0.25, 0.3) is 0 Å². The standard InChI is InChI=1S/C23H18Cl3N3O2/c24-15-5-1-13(2-6-15)20-12-21(29-28-20)22(18-10-7-16(25)11-19(18)26)27-23(31)14-3-8-17(30)9-4-14/h1-11,20-22,30H,12H2,(H,27,31). The summed E-state index contributed by atoms with van der Waals surface area (Å²) in [7, 11) is 0. The van der Waals surface area contributed by atoms with Crippen LogP contribution in [-0.4, -0.2) is 17.1 Å². The van der Waals surface area contributed by atoms with E-state index in [-0.39, 0.29) is 23.7 Å². The van der Waals surface area contributed by atoms with E-state index in [0.717, 1.165) is 5.56 Å². The summed E-state index contributed by atoms with van der Waals surface area (Å²) in [4.78, 5) is 12.9. The van der Waals surface area contributed by atoms with E-state index in [1.807, 2.05) is 24.3 Å². The Morgan fingerprint density at radius 2 is 1.61 bits per heavy atom. The number of amides is 1. The lowest BCUT2D eigenvalue weighted by molar-refractivity contribution is 0.0930. The van der Waals surface area contributed by atoms with Gasteiger partial charge < -0.3 is 10.4 Å². The van der Waals surface area contributed by atoms with E-state index in [2.05, 4.69) is 15.5 Å². The number of azo groups is 1. The van der Waals surface area contributed by atoms with Gasteiger partial charge in [-0.25, -0.2) is 0 Å². The highest BCUT2D eigenvalue weighted by Gasteiger charge is 2.33. The molecule has 0 radical (unpaired) electrons. The van der Waals surface area contributed by atoms with Crippen LogP contribution in [0, 0.1) is 0 Å². The lowest BCUT2D eigenvalue weighted by atomic mass is 9.93. The molecule has 1 aliphatic heterocycles. The van der Waals surface area contributed by atoms with Crippen molar-refractivity contribution in [1.82, 2.24) is 5.32 Å². The van der Waals surface area contributed by atoms with Crippen LogP contribution < -0.4 is 5.32 Å². The second-order valence-electron chi connectivity index (χ2n) is 7.27. The number of hydrogen-bond donors (Lipinski definition) is 2. The van der Waals surface area contributed by atoms with Crippen molar-refractivity contribution in [1.29, 1.82) is 0 Å². The fourth-order valence-electron chi connectivity index (χ4n) is 3.55. The molecule has 0 aliphatic carbocycles. The van der Waals surface area contributed by atoms with Gasteiger partial charge in [0.1, 0.15) is 5.75 Å². The van der Waals surface area contributed by atoms with Crippen molar-refractivity contribution in [3.63, 3.8) is 0 Å². The minimum Gasteiger partial charge on any atom is -0.508 e. The summed E-state index contributed by atoms with van der Waals surface area (Å²) in [5.41, 5.74) is 2.12. The molecule has 1 heterocycles. The molecule has 0 aromatic heterocycles. The first kappa shape index (κ1) is 21.6. The maximum absolute atomic E-state index is 12.9. The number of halogens is 3. The quantitative estimate of drug-likeness (QED) is 0.427. The average molecular weight is 475 g/mol. The number of aromatic hydroxyl groups is 1. The number of nitrogens with one attached hydrogen (secondary N) is 1. The van der Waals surface area contributed by atoms with Gasteiger partial charge in [0.25, 0.3) is 5.91 Å². The summed E-state index contributed by atoms with van der Waals surface area (Å²) < 4.78 is 0. The van der Waals surface area contributed by atoms with Crippen molar-refractivity contribution >= 4 is 40.7 Å². The second kappa shape index (κ2) is 9.27. The molecular formula is C23H18Cl3N3O2. The Balaban J connectivity index is 1.61. The first-order valence-corrected chi connectivity index (χ1v) is 10.7. The Morgan fingerprint density at radius 3 is 2.29 bits per heavy atom. The molecule has 8 heteroatoms. The third-order valence-corrected chi connectivity index (χ3v) is 5.99.